The Morgan fingerprint density at radius 2 is 1.84 bits per heavy atom. The molecule has 1 heterocycles. The Kier molecular flexibility index (Phi) is 4.58. The third kappa shape index (κ3) is 5.61. The van der Waals surface area contributed by atoms with Crippen molar-refractivity contribution in [1.82, 2.24) is 9.97 Å². The van der Waals surface area contributed by atoms with Crippen molar-refractivity contribution in [3.05, 3.63) is 29.5 Å². The summed E-state index contributed by atoms with van der Waals surface area (Å²) < 4.78 is 90.1. The van der Waals surface area contributed by atoms with Gasteiger partial charge in [-0.25, -0.2) is 13.4 Å². The molecule has 0 atom stereocenters. The first-order valence-corrected chi connectivity index (χ1v) is 7.43. The average molecular weight is 384 g/mol. The first-order valence-electron chi connectivity index (χ1n) is 9.09. The molecule has 1 aromatic heterocycles. The Labute approximate surface area is 175 Å². The summed E-state index contributed by atoms with van der Waals surface area (Å²) in [5, 5.41) is 0. The van der Waals surface area contributed by atoms with Crippen LogP contribution in [0.4, 0.5) is 11.8 Å². The van der Waals surface area contributed by atoms with Gasteiger partial charge >= 0.3 is 29.6 Å². The molecule has 0 radical (unpaired) electrons. The first-order chi connectivity index (χ1) is 13.5. The molecule has 12 heteroatoms. The van der Waals surface area contributed by atoms with Gasteiger partial charge in [-0.05, 0) is 17.7 Å². The number of benzene rings is 1. The van der Waals surface area contributed by atoms with Crippen LogP contribution in [0.2, 0.25) is 0 Å². The van der Waals surface area contributed by atoms with E-state index in [4.69, 9.17) is 19.7 Å². The molecule has 0 amide bonds. The van der Waals surface area contributed by atoms with Crippen LogP contribution < -0.4 is 54.7 Å². The van der Waals surface area contributed by atoms with Gasteiger partial charge in [0, 0.05) is 18.2 Å². The fourth-order valence-corrected chi connectivity index (χ4v) is 2.23. The minimum Gasteiger partial charge on any atom is -0.716 e. The molecule has 4 N–H and O–H groups in total. The van der Waals surface area contributed by atoms with E-state index in [1.807, 2.05) is 0 Å². The molecule has 0 unspecified atom stereocenters. The topological polar surface area (TPSA) is 163 Å². The van der Waals surface area contributed by atoms with Crippen LogP contribution in [0.15, 0.2) is 18.3 Å². The van der Waals surface area contributed by atoms with Gasteiger partial charge in [0.2, 0.25) is 11.7 Å². The number of aromatic nitrogens is 2. The van der Waals surface area contributed by atoms with E-state index < -0.39 is 41.7 Å². The van der Waals surface area contributed by atoms with E-state index >= 15 is 0 Å². The first kappa shape index (κ1) is 13.4. The Morgan fingerprint density at radius 3 is 2.32 bits per heavy atom. The van der Waals surface area contributed by atoms with Crippen molar-refractivity contribution >= 4 is 22.2 Å². The molecule has 25 heavy (non-hydrogen) atoms. The van der Waals surface area contributed by atoms with E-state index in [1.165, 1.54) is 6.20 Å². The van der Waals surface area contributed by atoms with Gasteiger partial charge in [-0.1, -0.05) is 0 Å². The van der Waals surface area contributed by atoms with E-state index in [0.29, 0.717) is 5.56 Å². The molecule has 0 saturated heterocycles. The summed E-state index contributed by atoms with van der Waals surface area (Å²) in [5.74, 6) is -2.70. The molecule has 0 fully saturated rings. The average Bonchev–Trinajstić information content (AvgIpc) is 2.49. The molecule has 0 spiro atoms. The van der Waals surface area contributed by atoms with Crippen molar-refractivity contribution in [2.45, 2.75) is 6.42 Å². The maximum atomic E-state index is 11.1. The summed E-state index contributed by atoms with van der Waals surface area (Å²) in [6.45, 7) is 0. The number of anilines is 2. The summed E-state index contributed by atoms with van der Waals surface area (Å²) in [5.41, 5.74) is 11.6. The summed E-state index contributed by atoms with van der Waals surface area (Å²) in [4.78, 5) is 7.52. The summed E-state index contributed by atoms with van der Waals surface area (Å²) in [7, 11) is -11.7. The molecule has 0 aliphatic carbocycles. The van der Waals surface area contributed by atoms with Gasteiger partial charge in [0.1, 0.15) is 5.82 Å². The van der Waals surface area contributed by atoms with Gasteiger partial charge in [-0.15, -0.1) is 0 Å². The Balaban J connectivity index is 0.00000480. The van der Waals surface area contributed by atoms with Gasteiger partial charge in [-0.3, -0.25) is 0 Å². The van der Waals surface area contributed by atoms with Crippen molar-refractivity contribution in [3.8, 4) is 17.2 Å². The van der Waals surface area contributed by atoms with Crippen LogP contribution >= 0.6 is 0 Å². The van der Waals surface area contributed by atoms with Gasteiger partial charge < -0.3 is 29.7 Å². The minimum atomic E-state index is -5.45. The SMILES string of the molecule is [2H]C([2H])([2H])Oc1cc(Cc2cnc(N)nc2N)cc(OC([2H])([2H])[2H])c1OS(=O)(=O)[O-].[Na+]. The van der Waals surface area contributed by atoms with Crippen LogP contribution in [0.5, 0.6) is 17.2 Å². The molecule has 0 aliphatic heterocycles. The third-order valence-electron chi connectivity index (χ3n) is 2.80. The van der Waals surface area contributed by atoms with Crippen LogP contribution in [0, 0.1) is 0 Å². The Hall–Kier alpha value is -1.79. The number of ether oxygens (including phenoxy) is 2. The minimum absolute atomic E-state index is 0. The van der Waals surface area contributed by atoms with E-state index in [2.05, 4.69) is 23.6 Å². The van der Waals surface area contributed by atoms with Crippen LogP contribution in [-0.4, -0.2) is 37.0 Å². The number of hydrogen-bond acceptors (Lipinski definition) is 10. The monoisotopic (exact) mass is 384 g/mol. The van der Waals surface area contributed by atoms with E-state index in [0.717, 1.165) is 12.1 Å². The van der Waals surface area contributed by atoms with Crippen LogP contribution in [0.3, 0.4) is 0 Å². The summed E-state index contributed by atoms with van der Waals surface area (Å²) in [6, 6.07) is 2.02. The predicted molar refractivity (Wildman–Crippen MR) is 83.5 cm³/mol. The zero-order valence-electron chi connectivity index (χ0n) is 18.8. The van der Waals surface area contributed by atoms with Gasteiger partial charge in [0.25, 0.3) is 10.4 Å². The Morgan fingerprint density at radius 1 is 1.24 bits per heavy atom. The van der Waals surface area contributed by atoms with Crippen molar-refractivity contribution in [3.63, 3.8) is 0 Å². The maximum absolute atomic E-state index is 11.1. The summed E-state index contributed by atoms with van der Waals surface area (Å²) in [6.07, 6.45) is 1.18. The second kappa shape index (κ2) is 8.54. The van der Waals surface area contributed by atoms with Crippen molar-refractivity contribution in [1.29, 1.82) is 0 Å². The van der Waals surface area contributed by atoms with Crippen LogP contribution in [-0.2, 0) is 16.8 Å². The van der Waals surface area contributed by atoms with Crippen LogP contribution in [0.1, 0.15) is 19.4 Å². The normalized spacial score (nSPS) is 15.2. The number of rotatable bonds is 6. The fraction of sp³-hybridized carbons (Fsp3) is 0.231. The fourth-order valence-electron chi connectivity index (χ4n) is 1.86. The van der Waals surface area contributed by atoms with Crippen molar-refractivity contribution in [2.75, 3.05) is 25.5 Å². The third-order valence-corrected chi connectivity index (χ3v) is 3.17. The zero-order chi connectivity index (χ0) is 22.9. The summed E-state index contributed by atoms with van der Waals surface area (Å²) >= 11 is 0. The number of nitrogens with two attached hydrogens (primary N) is 2. The molecule has 130 valence electrons. The molecular formula is C13H15N4NaO6S. The van der Waals surface area contributed by atoms with Gasteiger partial charge in [-0.2, -0.15) is 4.98 Å². The predicted octanol–water partition coefficient (Wildman–Crippen LogP) is -2.91. The number of nitrogens with zero attached hydrogens (tertiary/aromatic N) is 2. The van der Waals surface area contributed by atoms with Gasteiger partial charge in [0.05, 0.1) is 22.3 Å². The molecule has 2 rings (SSSR count). The molecule has 2 aromatic rings. The molecule has 0 bridgehead atoms. The molecule has 0 aliphatic rings. The molecular weight excluding hydrogens is 363 g/mol. The molecule has 10 nitrogen and oxygen atoms in total. The number of methoxy groups -OCH3 is 2. The smallest absolute Gasteiger partial charge is 0.716 e. The van der Waals surface area contributed by atoms with E-state index in [9.17, 15) is 13.0 Å². The quantitative estimate of drug-likeness (QED) is 0.300. The number of nitrogen functional groups attached to an aromatic ring is 2. The maximum Gasteiger partial charge on any atom is 1.00 e. The van der Waals surface area contributed by atoms with Crippen molar-refractivity contribution in [2.24, 2.45) is 0 Å². The van der Waals surface area contributed by atoms with Crippen molar-refractivity contribution < 1.29 is 64.4 Å². The largest absolute Gasteiger partial charge is 1.00 e. The zero-order valence-corrected chi connectivity index (χ0v) is 15.7. The van der Waals surface area contributed by atoms with E-state index in [-0.39, 0.29) is 53.3 Å². The molecule has 0 saturated carbocycles. The second-order valence-electron chi connectivity index (χ2n) is 4.43. The number of hydrogen-bond donors (Lipinski definition) is 2. The van der Waals surface area contributed by atoms with Gasteiger partial charge in [0.15, 0.2) is 11.5 Å². The Bertz CT molecular complexity index is 1010. The van der Waals surface area contributed by atoms with E-state index in [1.54, 1.807) is 0 Å². The second-order valence-corrected chi connectivity index (χ2v) is 5.42. The molecule has 1 aromatic carbocycles. The van der Waals surface area contributed by atoms with Crippen LogP contribution in [0.25, 0.3) is 0 Å². The standard InChI is InChI=1S/C13H16N4O6S.Na/c1-21-9-4-7(3-8-6-16-13(15)17-12(8)14)5-10(22-2)11(9)23-24(18,19)20;/h4-6H,3H2,1-2H3,(H,18,19,20)(H4,14,15,16,17);/q;+1/p-1/i1D3,2D3;.